The SMILES string of the molecule is CNc1cc(CNCC(C)(C)OC)cc(C(F)(F)F)c1O. The molecule has 0 radical (unpaired) electrons. The second-order valence-electron chi connectivity index (χ2n) is 5.35. The van der Waals surface area contributed by atoms with Gasteiger partial charge in [0.25, 0.3) is 0 Å². The van der Waals surface area contributed by atoms with Crippen molar-refractivity contribution in [2.45, 2.75) is 32.2 Å². The molecule has 7 heteroatoms. The van der Waals surface area contributed by atoms with E-state index in [9.17, 15) is 18.3 Å². The van der Waals surface area contributed by atoms with Crippen molar-refractivity contribution in [1.82, 2.24) is 5.32 Å². The molecular weight excluding hydrogens is 285 g/mol. The molecule has 0 aliphatic rings. The Hall–Kier alpha value is -1.47. The number of rotatable bonds is 6. The number of nitrogens with one attached hydrogen (secondary N) is 2. The zero-order valence-electron chi connectivity index (χ0n) is 12.6. The summed E-state index contributed by atoms with van der Waals surface area (Å²) in [5.41, 5.74) is -0.976. The minimum Gasteiger partial charge on any atom is -0.505 e. The highest BCUT2D eigenvalue weighted by molar-refractivity contribution is 5.61. The molecule has 0 fully saturated rings. The number of benzene rings is 1. The van der Waals surface area contributed by atoms with Gasteiger partial charge in [-0.1, -0.05) is 0 Å². The molecule has 21 heavy (non-hydrogen) atoms. The topological polar surface area (TPSA) is 53.5 Å². The van der Waals surface area contributed by atoms with Gasteiger partial charge in [0, 0.05) is 27.2 Å². The third kappa shape index (κ3) is 4.78. The van der Waals surface area contributed by atoms with Crippen LogP contribution >= 0.6 is 0 Å². The van der Waals surface area contributed by atoms with Gasteiger partial charge >= 0.3 is 6.18 Å². The second kappa shape index (κ2) is 6.53. The Morgan fingerprint density at radius 3 is 2.33 bits per heavy atom. The average molecular weight is 306 g/mol. The van der Waals surface area contributed by atoms with Crippen molar-refractivity contribution in [3.05, 3.63) is 23.3 Å². The lowest BCUT2D eigenvalue weighted by Crippen LogP contribution is -2.36. The van der Waals surface area contributed by atoms with E-state index in [0.717, 1.165) is 6.07 Å². The molecule has 0 aromatic heterocycles. The Bertz CT molecular complexity index is 488. The van der Waals surface area contributed by atoms with Crippen LogP contribution in [0.25, 0.3) is 0 Å². The maximum atomic E-state index is 12.9. The van der Waals surface area contributed by atoms with Crippen LogP contribution in [-0.2, 0) is 17.5 Å². The predicted octanol–water partition coefficient (Wildman–Crippen LogP) is 2.97. The molecule has 0 aliphatic carbocycles. The van der Waals surface area contributed by atoms with Crippen LogP contribution in [0.15, 0.2) is 12.1 Å². The van der Waals surface area contributed by atoms with Crippen molar-refractivity contribution in [3.63, 3.8) is 0 Å². The summed E-state index contributed by atoms with van der Waals surface area (Å²) in [7, 11) is 3.03. The van der Waals surface area contributed by atoms with Crippen LogP contribution in [0.2, 0.25) is 0 Å². The van der Waals surface area contributed by atoms with Gasteiger partial charge in [-0.25, -0.2) is 0 Å². The maximum absolute atomic E-state index is 12.9. The Labute approximate surface area is 122 Å². The first-order chi connectivity index (χ1) is 9.60. The Kier molecular flexibility index (Phi) is 5.47. The van der Waals surface area contributed by atoms with Gasteiger partial charge in [-0.15, -0.1) is 0 Å². The first kappa shape index (κ1) is 17.6. The molecule has 120 valence electrons. The van der Waals surface area contributed by atoms with Gasteiger partial charge in [-0.05, 0) is 31.5 Å². The van der Waals surface area contributed by atoms with Gasteiger partial charge in [0.1, 0.15) is 0 Å². The predicted molar refractivity (Wildman–Crippen MR) is 75.5 cm³/mol. The van der Waals surface area contributed by atoms with E-state index in [1.807, 2.05) is 13.8 Å². The van der Waals surface area contributed by atoms with Crippen molar-refractivity contribution in [1.29, 1.82) is 0 Å². The van der Waals surface area contributed by atoms with Crippen molar-refractivity contribution in [2.24, 2.45) is 0 Å². The van der Waals surface area contributed by atoms with Crippen LogP contribution in [0.4, 0.5) is 18.9 Å². The molecule has 0 spiro atoms. The Morgan fingerprint density at radius 2 is 1.86 bits per heavy atom. The smallest absolute Gasteiger partial charge is 0.420 e. The third-order valence-electron chi connectivity index (χ3n) is 3.18. The van der Waals surface area contributed by atoms with E-state index < -0.39 is 23.1 Å². The summed E-state index contributed by atoms with van der Waals surface area (Å²) in [5.74, 6) is -0.786. The summed E-state index contributed by atoms with van der Waals surface area (Å²) in [6.45, 7) is 4.47. The minimum absolute atomic E-state index is 0.0487. The van der Waals surface area contributed by atoms with E-state index >= 15 is 0 Å². The fraction of sp³-hybridized carbons (Fsp3) is 0.571. The van der Waals surface area contributed by atoms with E-state index in [2.05, 4.69) is 10.6 Å². The number of anilines is 1. The number of aromatic hydroxyl groups is 1. The molecule has 3 N–H and O–H groups in total. The highest BCUT2D eigenvalue weighted by atomic mass is 19.4. The first-order valence-electron chi connectivity index (χ1n) is 6.47. The van der Waals surface area contributed by atoms with Crippen LogP contribution in [-0.4, -0.2) is 31.4 Å². The lowest BCUT2D eigenvalue weighted by atomic mass is 10.1. The Balaban J connectivity index is 2.93. The van der Waals surface area contributed by atoms with E-state index in [-0.39, 0.29) is 12.2 Å². The lowest BCUT2D eigenvalue weighted by molar-refractivity contribution is -0.138. The molecule has 0 saturated heterocycles. The van der Waals surface area contributed by atoms with Gasteiger partial charge in [-0.2, -0.15) is 13.2 Å². The molecule has 0 saturated carbocycles. The molecule has 0 bridgehead atoms. The Morgan fingerprint density at radius 1 is 1.24 bits per heavy atom. The van der Waals surface area contributed by atoms with Crippen LogP contribution in [0.1, 0.15) is 25.0 Å². The van der Waals surface area contributed by atoms with Crippen molar-refractivity contribution in [2.75, 3.05) is 26.0 Å². The van der Waals surface area contributed by atoms with Gasteiger partial charge in [0.2, 0.25) is 0 Å². The molecular formula is C14H21F3N2O2. The number of ether oxygens (including phenoxy) is 1. The fourth-order valence-electron chi connectivity index (χ4n) is 1.78. The molecule has 0 aliphatic heterocycles. The molecule has 0 amide bonds. The second-order valence-corrected chi connectivity index (χ2v) is 5.35. The summed E-state index contributed by atoms with van der Waals surface area (Å²) in [5, 5.41) is 15.2. The minimum atomic E-state index is -4.60. The normalized spacial score (nSPS) is 12.5. The number of methoxy groups -OCH3 is 1. The highest BCUT2D eigenvalue weighted by Crippen LogP contribution is 2.40. The summed E-state index contributed by atoms with van der Waals surface area (Å²) in [6, 6.07) is 2.43. The summed E-state index contributed by atoms with van der Waals surface area (Å²) < 4.78 is 43.9. The zero-order valence-corrected chi connectivity index (χ0v) is 12.6. The van der Waals surface area contributed by atoms with E-state index in [0.29, 0.717) is 12.1 Å². The number of hydrogen-bond donors (Lipinski definition) is 3. The third-order valence-corrected chi connectivity index (χ3v) is 3.18. The average Bonchev–Trinajstić information content (AvgIpc) is 2.38. The maximum Gasteiger partial charge on any atom is 0.420 e. The van der Waals surface area contributed by atoms with Gasteiger partial charge in [0.15, 0.2) is 5.75 Å². The molecule has 0 heterocycles. The van der Waals surface area contributed by atoms with Crippen LogP contribution in [0.3, 0.4) is 0 Å². The quantitative estimate of drug-likeness (QED) is 0.707. The molecule has 1 aromatic carbocycles. The van der Waals surface area contributed by atoms with Crippen molar-refractivity contribution >= 4 is 5.69 Å². The van der Waals surface area contributed by atoms with E-state index in [4.69, 9.17) is 4.74 Å². The van der Waals surface area contributed by atoms with E-state index in [1.165, 1.54) is 13.1 Å². The highest BCUT2D eigenvalue weighted by Gasteiger charge is 2.35. The number of alkyl halides is 3. The molecule has 0 atom stereocenters. The monoisotopic (exact) mass is 306 g/mol. The van der Waals surface area contributed by atoms with Crippen LogP contribution in [0.5, 0.6) is 5.75 Å². The zero-order chi connectivity index (χ0) is 16.3. The van der Waals surface area contributed by atoms with Crippen LogP contribution in [0, 0.1) is 0 Å². The van der Waals surface area contributed by atoms with Crippen LogP contribution < -0.4 is 10.6 Å². The number of halogens is 3. The lowest BCUT2D eigenvalue weighted by Gasteiger charge is -2.23. The van der Waals surface area contributed by atoms with Gasteiger partial charge in [0.05, 0.1) is 16.9 Å². The fourth-order valence-corrected chi connectivity index (χ4v) is 1.78. The number of phenols is 1. The number of phenolic OH excluding ortho intramolecular Hbond substituents is 1. The van der Waals surface area contributed by atoms with Gasteiger partial charge < -0.3 is 20.5 Å². The molecule has 1 rings (SSSR count). The standard InChI is InChI=1S/C14H21F3N2O2/c1-13(2,21-4)8-19-7-9-5-10(14(15,16)17)12(20)11(6-9)18-3/h5-6,18-20H,7-8H2,1-4H3. The molecule has 1 aromatic rings. The summed E-state index contributed by atoms with van der Waals surface area (Å²) in [6.07, 6.45) is -4.60. The van der Waals surface area contributed by atoms with Crippen molar-refractivity contribution in [3.8, 4) is 5.75 Å². The molecule has 4 nitrogen and oxygen atoms in total. The summed E-state index contributed by atoms with van der Waals surface area (Å²) >= 11 is 0. The summed E-state index contributed by atoms with van der Waals surface area (Å²) in [4.78, 5) is 0. The first-order valence-corrected chi connectivity index (χ1v) is 6.47. The number of hydrogen-bond acceptors (Lipinski definition) is 4. The van der Waals surface area contributed by atoms with Crippen molar-refractivity contribution < 1.29 is 23.0 Å². The molecule has 0 unspecified atom stereocenters. The van der Waals surface area contributed by atoms with E-state index in [1.54, 1.807) is 7.11 Å². The largest absolute Gasteiger partial charge is 0.505 e. The van der Waals surface area contributed by atoms with Gasteiger partial charge in [-0.3, -0.25) is 0 Å².